The third kappa shape index (κ3) is 8.56. The smallest absolute Gasteiger partial charge is 0.244 e. The zero-order chi connectivity index (χ0) is 29.6. The number of anilines is 1. The molecule has 1 aliphatic carbocycles. The van der Waals surface area contributed by atoms with Gasteiger partial charge in [-0.05, 0) is 66.8 Å². The molecular formula is C31H35BrClN3O4S. The molecule has 1 aliphatic rings. The molecule has 0 heterocycles. The number of rotatable bonds is 11. The van der Waals surface area contributed by atoms with E-state index in [1.165, 1.54) is 4.90 Å². The molecule has 0 bridgehead atoms. The van der Waals surface area contributed by atoms with E-state index in [2.05, 4.69) is 21.2 Å². The van der Waals surface area contributed by atoms with Gasteiger partial charge < -0.3 is 10.2 Å². The van der Waals surface area contributed by atoms with Gasteiger partial charge >= 0.3 is 0 Å². The summed E-state index contributed by atoms with van der Waals surface area (Å²) in [6.07, 6.45) is 5.28. The summed E-state index contributed by atoms with van der Waals surface area (Å²) < 4.78 is 27.9. The third-order valence-corrected chi connectivity index (χ3v) is 9.24. The molecule has 3 aromatic rings. The largest absolute Gasteiger partial charge is 0.352 e. The Morgan fingerprint density at radius 2 is 1.66 bits per heavy atom. The molecule has 1 fully saturated rings. The number of nitrogens with one attached hydrogen (secondary N) is 1. The Bertz CT molecular complexity index is 1460. The van der Waals surface area contributed by atoms with E-state index in [1.54, 1.807) is 25.1 Å². The third-order valence-electron chi connectivity index (χ3n) is 7.35. The van der Waals surface area contributed by atoms with Crippen LogP contribution in [-0.2, 0) is 32.6 Å². The number of carbonyl (C=O) groups is 2. The lowest BCUT2D eigenvalue weighted by Crippen LogP contribution is -2.54. The predicted octanol–water partition coefficient (Wildman–Crippen LogP) is 5.88. The molecule has 3 aromatic carbocycles. The second-order valence-corrected chi connectivity index (χ2v) is 13.8. The van der Waals surface area contributed by atoms with Gasteiger partial charge in [-0.25, -0.2) is 8.42 Å². The number of halogens is 2. The van der Waals surface area contributed by atoms with Gasteiger partial charge in [-0.15, -0.1) is 0 Å². The van der Waals surface area contributed by atoms with E-state index in [0.29, 0.717) is 22.7 Å². The van der Waals surface area contributed by atoms with Gasteiger partial charge in [-0.1, -0.05) is 82.8 Å². The molecule has 2 amide bonds. The van der Waals surface area contributed by atoms with Crippen molar-refractivity contribution in [2.24, 2.45) is 0 Å². The lowest BCUT2D eigenvalue weighted by atomic mass is 10.0. The maximum absolute atomic E-state index is 14.2. The van der Waals surface area contributed by atoms with Crippen molar-refractivity contribution in [1.29, 1.82) is 0 Å². The number of hydrogen-bond donors (Lipinski definition) is 1. The normalized spacial score (nSPS) is 14.4. The number of hydrogen-bond acceptors (Lipinski definition) is 4. The standard InChI is InChI=1S/C31H35BrClN3O4S/c1-22-18-26(33)16-17-28(22)36(41(2,39)40)21-30(37)35(20-24-12-14-25(32)15-13-24)29(19-23-8-4-3-5-9-23)31(38)34-27-10-6-7-11-27/h3-5,8-9,12-18,27,29H,6-7,10-11,19-21H2,1-2H3,(H,34,38). The van der Waals surface area contributed by atoms with Crippen molar-refractivity contribution in [3.05, 3.63) is 99.0 Å². The number of amides is 2. The molecule has 0 aromatic heterocycles. The summed E-state index contributed by atoms with van der Waals surface area (Å²) in [5.74, 6) is -0.713. The van der Waals surface area contributed by atoms with E-state index in [1.807, 2.05) is 54.6 Å². The second-order valence-electron chi connectivity index (χ2n) is 10.5. The lowest BCUT2D eigenvalue weighted by molar-refractivity contribution is -0.140. The van der Waals surface area contributed by atoms with Crippen LogP contribution in [0.4, 0.5) is 5.69 Å². The summed E-state index contributed by atoms with van der Waals surface area (Å²) >= 11 is 9.58. The van der Waals surface area contributed by atoms with Gasteiger partial charge in [0.25, 0.3) is 0 Å². The van der Waals surface area contributed by atoms with Gasteiger partial charge in [0, 0.05) is 28.5 Å². The molecule has 0 radical (unpaired) electrons. The maximum Gasteiger partial charge on any atom is 0.244 e. The van der Waals surface area contributed by atoms with Gasteiger partial charge in [0.2, 0.25) is 21.8 Å². The second kappa shape index (κ2) is 13.9. The minimum Gasteiger partial charge on any atom is -0.352 e. The van der Waals surface area contributed by atoms with Crippen LogP contribution in [0.3, 0.4) is 0 Å². The Labute approximate surface area is 256 Å². The topological polar surface area (TPSA) is 86.8 Å². The molecule has 1 N–H and O–H groups in total. The molecule has 10 heteroatoms. The van der Waals surface area contributed by atoms with Gasteiger partial charge in [0.1, 0.15) is 12.6 Å². The molecule has 7 nitrogen and oxygen atoms in total. The number of nitrogens with zero attached hydrogens (tertiary/aromatic N) is 2. The molecule has 0 spiro atoms. The fourth-order valence-electron chi connectivity index (χ4n) is 5.20. The van der Waals surface area contributed by atoms with Crippen LogP contribution < -0.4 is 9.62 Å². The van der Waals surface area contributed by atoms with E-state index in [4.69, 9.17) is 11.6 Å². The van der Waals surface area contributed by atoms with Crippen LogP contribution >= 0.6 is 27.5 Å². The van der Waals surface area contributed by atoms with Crippen LogP contribution in [0.15, 0.2) is 77.3 Å². The molecule has 41 heavy (non-hydrogen) atoms. The van der Waals surface area contributed by atoms with Gasteiger partial charge in [0.15, 0.2) is 0 Å². The molecule has 1 unspecified atom stereocenters. The highest BCUT2D eigenvalue weighted by Crippen LogP contribution is 2.27. The Balaban J connectivity index is 1.73. The Hall–Kier alpha value is -2.88. The van der Waals surface area contributed by atoms with Crippen LogP contribution in [0, 0.1) is 6.92 Å². The highest BCUT2D eigenvalue weighted by Gasteiger charge is 2.34. The van der Waals surface area contributed by atoms with Crippen LogP contribution in [-0.4, -0.2) is 50.0 Å². The summed E-state index contributed by atoms with van der Waals surface area (Å²) in [6.45, 7) is 1.43. The van der Waals surface area contributed by atoms with Crippen molar-refractivity contribution in [2.45, 2.75) is 57.7 Å². The van der Waals surface area contributed by atoms with Crippen molar-refractivity contribution in [3.63, 3.8) is 0 Å². The highest BCUT2D eigenvalue weighted by molar-refractivity contribution is 9.10. The van der Waals surface area contributed by atoms with Crippen LogP contribution in [0.5, 0.6) is 0 Å². The van der Waals surface area contributed by atoms with Crippen LogP contribution in [0.2, 0.25) is 5.02 Å². The predicted molar refractivity (Wildman–Crippen MR) is 167 cm³/mol. The van der Waals surface area contributed by atoms with E-state index >= 15 is 0 Å². The van der Waals surface area contributed by atoms with E-state index in [9.17, 15) is 18.0 Å². The molecule has 1 saturated carbocycles. The number of carbonyl (C=O) groups excluding carboxylic acids is 2. The summed E-state index contributed by atoms with van der Waals surface area (Å²) in [6, 6.07) is 21.2. The lowest BCUT2D eigenvalue weighted by Gasteiger charge is -2.34. The van der Waals surface area contributed by atoms with Crippen molar-refractivity contribution >= 4 is 55.1 Å². The zero-order valence-electron chi connectivity index (χ0n) is 23.2. The maximum atomic E-state index is 14.2. The first-order valence-corrected chi connectivity index (χ1v) is 16.7. The van der Waals surface area contributed by atoms with Crippen molar-refractivity contribution < 1.29 is 18.0 Å². The molecule has 0 saturated heterocycles. The molecule has 0 aliphatic heterocycles. The van der Waals surface area contributed by atoms with Crippen LogP contribution in [0.1, 0.15) is 42.4 Å². The Morgan fingerprint density at radius 3 is 2.27 bits per heavy atom. The molecule has 1 atom stereocenters. The summed E-state index contributed by atoms with van der Waals surface area (Å²) in [7, 11) is -3.85. The first-order valence-electron chi connectivity index (χ1n) is 13.6. The van der Waals surface area contributed by atoms with E-state index in [0.717, 1.165) is 51.8 Å². The van der Waals surface area contributed by atoms with Crippen molar-refractivity contribution in [1.82, 2.24) is 10.2 Å². The molecular weight excluding hydrogens is 626 g/mol. The quantitative estimate of drug-likeness (QED) is 0.279. The van der Waals surface area contributed by atoms with Gasteiger partial charge in [0.05, 0.1) is 11.9 Å². The number of aryl methyl sites for hydroxylation is 1. The average Bonchev–Trinajstić information content (AvgIpc) is 3.43. The van der Waals surface area contributed by atoms with Crippen molar-refractivity contribution in [3.8, 4) is 0 Å². The molecule has 218 valence electrons. The first kappa shape index (κ1) is 31.1. The zero-order valence-corrected chi connectivity index (χ0v) is 26.4. The monoisotopic (exact) mass is 659 g/mol. The van der Waals surface area contributed by atoms with Gasteiger partial charge in [-0.2, -0.15) is 0 Å². The average molecular weight is 661 g/mol. The minimum absolute atomic E-state index is 0.0645. The fraction of sp³-hybridized carbons (Fsp3) is 0.355. The summed E-state index contributed by atoms with van der Waals surface area (Å²) in [5.41, 5.74) is 2.71. The first-order chi connectivity index (χ1) is 19.5. The van der Waals surface area contributed by atoms with E-state index in [-0.39, 0.29) is 18.5 Å². The SMILES string of the molecule is Cc1cc(Cl)ccc1N(CC(=O)N(Cc1ccc(Br)cc1)C(Cc1ccccc1)C(=O)NC1CCCC1)S(C)(=O)=O. The van der Waals surface area contributed by atoms with E-state index < -0.39 is 28.5 Å². The Kier molecular flexibility index (Phi) is 10.5. The van der Waals surface area contributed by atoms with Gasteiger partial charge in [-0.3, -0.25) is 13.9 Å². The van der Waals surface area contributed by atoms with Crippen LogP contribution in [0.25, 0.3) is 0 Å². The number of benzene rings is 3. The number of sulfonamides is 1. The summed E-state index contributed by atoms with van der Waals surface area (Å²) in [4.78, 5) is 29.6. The molecule has 4 rings (SSSR count). The fourth-order valence-corrected chi connectivity index (χ4v) is 6.60. The minimum atomic E-state index is -3.85. The summed E-state index contributed by atoms with van der Waals surface area (Å²) in [5, 5.41) is 3.64. The highest BCUT2D eigenvalue weighted by atomic mass is 79.9. The Morgan fingerprint density at radius 1 is 1.00 bits per heavy atom. The van der Waals surface area contributed by atoms with Crippen molar-refractivity contribution in [2.75, 3.05) is 17.1 Å².